The van der Waals surface area contributed by atoms with Crippen LogP contribution in [0.2, 0.25) is 0 Å². The zero-order valence-electron chi connectivity index (χ0n) is 8.25. The maximum Gasteiger partial charge on any atom is 0.317 e. The SMILES string of the molecule is CNC(=O)N1CCCC1C1CCC1. The maximum absolute atomic E-state index is 11.5. The fraction of sp³-hybridized carbons (Fsp3) is 0.900. The monoisotopic (exact) mass is 182 g/mol. The molecule has 3 heteroatoms. The third-order valence-electron chi connectivity index (χ3n) is 3.47. The largest absolute Gasteiger partial charge is 0.341 e. The highest BCUT2D eigenvalue weighted by molar-refractivity contribution is 5.74. The molecule has 0 radical (unpaired) electrons. The van der Waals surface area contributed by atoms with Crippen molar-refractivity contribution in [2.24, 2.45) is 5.92 Å². The van der Waals surface area contributed by atoms with Crippen molar-refractivity contribution in [1.29, 1.82) is 0 Å². The molecule has 0 aromatic carbocycles. The van der Waals surface area contributed by atoms with Crippen LogP contribution in [0.5, 0.6) is 0 Å². The second kappa shape index (κ2) is 3.56. The minimum absolute atomic E-state index is 0.120. The number of nitrogens with one attached hydrogen (secondary N) is 1. The molecule has 1 saturated carbocycles. The molecule has 1 N–H and O–H groups in total. The summed E-state index contributed by atoms with van der Waals surface area (Å²) in [6, 6.07) is 0.670. The molecule has 1 atom stereocenters. The molecule has 2 amide bonds. The highest BCUT2D eigenvalue weighted by Gasteiger charge is 2.36. The Morgan fingerprint density at radius 2 is 2.08 bits per heavy atom. The Hall–Kier alpha value is -0.730. The van der Waals surface area contributed by atoms with Gasteiger partial charge in [-0.3, -0.25) is 0 Å². The summed E-state index contributed by atoms with van der Waals surface area (Å²) in [5.74, 6) is 0.805. The summed E-state index contributed by atoms with van der Waals surface area (Å²) in [6.45, 7) is 0.959. The van der Waals surface area contributed by atoms with E-state index in [1.54, 1.807) is 7.05 Å². The van der Waals surface area contributed by atoms with Crippen LogP contribution < -0.4 is 5.32 Å². The lowest BCUT2D eigenvalue weighted by molar-refractivity contribution is 0.140. The molecule has 1 aliphatic carbocycles. The van der Waals surface area contributed by atoms with Crippen molar-refractivity contribution in [3.8, 4) is 0 Å². The lowest BCUT2D eigenvalue weighted by atomic mass is 9.79. The number of nitrogens with zero attached hydrogens (tertiary/aromatic N) is 1. The first kappa shape index (κ1) is 8.85. The standard InChI is InChI=1S/C10H18N2O/c1-11-10(13)12-7-3-6-9(12)8-4-2-5-8/h8-9H,2-7H2,1H3,(H,11,13). The van der Waals surface area contributed by atoms with Gasteiger partial charge < -0.3 is 10.2 Å². The Morgan fingerprint density at radius 1 is 1.31 bits per heavy atom. The fourth-order valence-electron chi connectivity index (χ4n) is 2.50. The van der Waals surface area contributed by atoms with E-state index in [2.05, 4.69) is 5.32 Å². The third-order valence-corrected chi connectivity index (χ3v) is 3.47. The van der Waals surface area contributed by atoms with Gasteiger partial charge in [-0.2, -0.15) is 0 Å². The van der Waals surface area contributed by atoms with Gasteiger partial charge in [0.15, 0.2) is 0 Å². The Kier molecular flexibility index (Phi) is 2.42. The zero-order chi connectivity index (χ0) is 9.26. The van der Waals surface area contributed by atoms with Gasteiger partial charge in [-0.05, 0) is 31.6 Å². The van der Waals surface area contributed by atoms with Crippen LogP contribution in [0.3, 0.4) is 0 Å². The Balaban J connectivity index is 1.96. The molecule has 1 saturated heterocycles. The van der Waals surface area contributed by atoms with Crippen molar-refractivity contribution < 1.29 is 4.79 Å². The summed E-state index contributed by atoms with van der Waals surface area (Å²) >= 11 is 0. The number of carbonyl (C=O) groups excluding carboxylic acids is 1. The molecule has 13 heavy (non-hydrogen) atoms. The molecule has 2 aliphatic rings. The third kappa shape index (κ3) is 1.52. The van der Waals surface area contributed by atoms with Crippen LogP contribution >= 0.6 is 0 Å². The Labute approximate surface area is 79.5 Å². The number of amides is 2. The molecule has 3 nitrogen and oxygen atoms in total. The van der Waals surface area contributed by atoms with Gasteiger partial charge in [0.1, 0.15) is 0 Å². The summed E-state index contributed by atoms with van der Waals surface area (Å²) in [4.78, 5) is 13.5. The van der Waals surface area contributed by atoms with E-state index in [-0.39, 0.29) is 6.03 Å². The predicted octanol–water partition coefficient (Wildman–Crippen LogP) is 1.59. The molecule has 0 spiro atoms. The quantitative estimate of drug-likeness (QED) is 0.656. The molecule has 0 bridgehead atoms. The van der Waals surface area contributed by atoms with E-state index in [0.717, 1.165) is 12.5 Å². The van der Waals surface area contributed by atoms with Crippen molar-refractivity contribution in [2.45, 2.75) is 38.1 Å². The van der Waals surface area contributed by atoms with Crippen LogP contribution in [0.4, 0.5) is 4.79 Å². The Morgan fingerprint density at radius 3 is 2.62 bits per heavy atom. The second-order valence-electron chi connectivity index (χ2n) is 4.15. The summed E-state index contributed by atoms with van der Waals surface area (Å²) in [5.41, 5.74) is 0. The minimum atomic E-state index is 0.120. The van der Waals surface area contributed by atoms with Gasteiger partial charge >= 0.3 is 6.03 Å². The van der Waals surface area contributed by atoms with E-state index in [9.17, 15) is 4.79 Å². The van der Waals surface area contributed by atoms with Crippen LogP contribution in [-0.2, 0) is 0 Å². The first-order valence-corrected chi connectivity index (χ1v) is 5.31. The molecule has 2 rings (SSSR count). The predicted molar refractivity (Wildman–Crippen MR) is 51.5 cm³/mol. The zero-order valence-corrected chi connectivity index (χ0v) is 8.25. The van der Waals surface area contributed by atoms with Crippen LogP contribution in [0.1, 0.15) is 32.1 Å². The number of rotatable bonds is 1. The van der Waals surface area contributed by atoms with Gasteiger partial charge in [0, 0.05) is 19.6 Å². The van der Waals surface area contributed by atoms with Crippen molar-refractivity contribution in [1.82, 2.24) is 10.2 Å². The first-order chi connectivity index (χ1) is 6.33. The average Bonchev–Trinajstić information content (AvgIpc) is 2.49. The van der Waals surface area contributed by atoms with E-state index < -0.39 is 0 Å². The molecule has 0 aromatic rings. The summed E-state index contributed by atoms with van der Waals surface area (Å²) < 4.78 is 0. The number of urea groups is 1. The van der Waals surface area contributed by atoms with Crippen LogP contribution in [0.25, 0.3) is 0 Å². The smallest absolute Gasteiger partial charge is 0.317 e. The molecule has 74 valence electrons. The topological polar surface area (TPSA) is 32.3 Å². The second-order valence-corrected chi connectivity index (χ2v) is 4.15. The van der Waals surface area contributed by atoms with E-state index >= 15 is 0 Å². The molecular formula is C10H18N2O. The van der Waals surface area contributed by atoms with Crippen LogP contribution in [0, 0.1) is 5.92 Å². The molecule has 1 aliphatic heterocycles. The highest BCUT2D eigenvalue weighted by atomic mass is 16.2. The summed E-state index contributed by atoms with van der Waals surface area (Å²) in [7, 11) is 1.72. The van der Waals surface area contributed by atoms with Gasteiger partial charge in [0.2, 0.25) is 0 Å². The maximum atomic E-state index is 11.5. The first-order valence-electron chi connectivity index (χ1n) is 5.31. The lowest BCUT2D eigenvalue weighted by Gasteiger charge is -2.36. The van der Waals surface area contributed by atoms with Crippen LogP contribution in [0.15, 0.2) is 0 Å². The molecular weight excluding hydrogens is 164 g/mol. The number of hydrogen-bond acceptors (Lipinski definition) is 1. The van der Waals surface area contributed by atoms with E-state index in [0.29, 0.717) is 6.04 Å². The highest BCUT2D eigenvalue weighted by Crippen LogP contribution is 2.36. The van der Waals surface area contributed by atoms with Gasteiger partial charge in [-0.1, -0.05) is 6.42 Å². The van der Waals surface area contributed by atoms with Gasteiger partial charge in [-0.15, -0.1) is 0 Å². The van der Waals surface area contributed by atoms with Crippen molar-refractivity contribution >= 4 is 6.03 Å². The molecule has 1 unspecified atom stereocenters. The molecule has 0 aromatic heterocycles. The summed E-state index contributed by atoms with van der Waals surface area (Å²) in [5, 5.41) is 2.73. The van der Waals surface area contributed by atoms with Crippen molar-refractivity contribution in [2.75, 3.05) is 13.6 Å². The average molecular weight is 182 g/mol. The number of carbonyl (C=O) groups is 1. The fourth-order valence-corrected chi connectivity index (χ4v) is 2.50. The molecule has 2 fully saturated rings. The van der Waals surface area contributed by atoms with Gasteiger partial charge in [0.05, 0.1) is 0 Å². The molecule has 1 heterocycles. The number of hydrogen-bond donors (Lipinski definition) is 1. The van der Waals surface area contributed by atoms with E-state index in [1.165, 1.54) is 32.1 Å². The van der Waals surface area contributed by atoms with E-state index in [1.807, 2.05) is 4.90 Å². The minimum Gasteiger partial charge on any atom is -0.341 e. The Bertz CT molecular complexity index is 201. The van der Waals surface area contributed by atoms with E-state index in [4.69, 9.17) is 0 Å². The van der Waals surface area contributed by atoms with Gasteiger partial charge in [-0.25, -0.2) is 4.79 Å². The van der Waals surface area contributed by atoms with Crippen molar-refractivity contribution in [3.05, 3.63) is 0 Å². The van der Waals surface area contributed by atoms with Crippen LogP contribution in [-0.4, -0.2) is 30.6 Å². The van der Waals surface area contributed by atoms with Crippen molar-refractivity contribution in [3.63, 3.8) is 0 Å². The lowest BCUT2D eigenvalue weighted by Crippen LogP contribution is -2.46. The van der Waals surface area contributed by atoms with Gasteiger partial charge in [0.25, 0.3) is 0 Å². The number of likely N-dealkylation sites (tertiary alicyclic amines) is 1. The normalized spacial score (nSPS) is 28.7. The summed E-state index contributed by atoms with van der Waals surface area (Å²) in [6.07, 6.45) is 6.44.